The highest BCUT2D eigenvalue weighted by atomic mass is 32.2. The fourth-order valence-corrected chi connectivity index (χ4v) is 3.48. The van der Waals surface area contributed by atoms with Crippen molar-refractivity contribution in [3.63, 3.8) is 0 Å². The maximum absolute atomic E-state index is 12.4. The molecule has 1 aromatic carbocycles. The van der Waals surface area contributed by atoms with Crippen LogP contribution in [0, 0.1) is 0 Å². The van der Waals surface area contributed by atoms with Gasteiger partial charge in [0.25, 0.3) is 5.91 Å². The lowest BCUT2D eigenvalue weighted by Gasteiger charge is -2.28. The average Bonchev–Trinajstić information content (AvgIpc) is 2.38. The molecule has 0 aliphatic heterocycles. The summed E-state index contributed by atoms with van der Waals surface area (Å²) in [7, 11) is -4.28. The van der Waals surface area contributed by atoms with Crippen LogP contribution in [0.2, 0.25) is 0 Å². The molecule has 0 fully saturated rings. The number of aliphatic hydroxyl groups is 1. The van der Waals surface area contributed by atoms with E-state index in [-0.39, 0.29) is 4.90 Å². The smallest absolute Gasteiger partial charge is 0.256 e. The highest BCUT2D eigenvalue weighted by Crippen LogP contribution is 2.25. The van der Waals surface area contributed by atoms with Gasteiger partial charge in [-0.05, 0) is 31.0 Å². The van der Waals surface area contributed by atoms with Crippen molar-refractivity contribution in [1.29, 1.82) is 0 Å². The first-order valence-corrected chi connectivity index (χ1v) is 7.76. The molecule has 0 bridgehead atoms. The van der Waals surface area contributed by atoms with E-state index < -0.39 is 26.7 Å². The molecule has 1 rings (SSSR count). The van der Waals surface area contributed by atoms with Crippen molar-refractivity contribution in [3.05, 3.63) is 29.8 Å². The van der Waals surface area contributed by atoms with Gasteiger partial charge in [0.2, 0.25) is 14.7 Å². The number of rotatable bonds is 6. The summed E-state index contributed by atoms with van der Waals surface area (Å²) >= 11 is 0. The molecule has 0 heterocycles. The minimum Gasteiger partial charge on any atom is -0.390 e. The molecule has 20 heavy (non-hydrogen) atoms. The van der Waals surface area contributed by atoms with Crippen molar-refractivity contribution < 1.29 is 18.3 Å². The quantitative estimate of drug-likeness (QED) is 0.678. The molecule has 2 atom stereocenters. The number of hydrogen-bond acceptors (Lipinski definition) is 5. The Kier molecular flexibility index (Phi) is 4.90. The van der Waals surface area contributed by atoms with Crippen molar-refractivity contribution in [2.45, 2.75) is 42.6 Å². The van der Waals surface area contributed by atoms with Gasteiger partial charge in [-0.1, -0.05) is 25.5 Å². The molecule has 6 nitrogen and oxygen atoms in total. The zero-order valence-corrected chi connectivity index (χ0v) is 12.4. The van der Waals surface area contributed by atoms with Crippen molar-refractivity contribution in [2.24, 2.45) is 11.5 Å². The van der Waals surface area contributed by atoms with Gasteiger partial charge < -0.3 is 16.6 Å². The van der Waals surface area contributed by atoms with Crippen LogP contribution in [0.25, 0.3) is 0 Å². The third-order valence-electron chi connectivity index (χ3n) is 3.22. The van der Waals surface area contributed by atoms with Crippen LogP contribution in [-0.2, 0) is 21.1 Å². The summed E-state index contributed by atoms with van der Waals surface area (Å²) in [4.78, 5) is 8.73. The molecule has 1 amide bonds. The Morgan fingerprint density at radius 3 is 2.20 bits per heavy atom. The summed E-state index contributed by atoms with van der Waals surface area (Å²) in [6.07, 6.45) is 0.127. The summed E-state index contributed by atoms with van der Waals surface area (Å²) in [5, 5.41) is 9.57. The Labute approximate surface area is 118 Å². The van der Waals surface area contributed by atoms with Gasteiger partial charge in [-0.2, -0.15) is 0 Å². The molecule has 0 spiro atoms. The van der Waals surface area contributed by atoms with Gasteiger partial charge in [0.15, 0.2) is 0 Å². The largest absolute Gasteiger partial charge is 0.390 e. The molecule has 1 aromatic rings. The van der Waals surface area contributed by atoms with Gasteiger partial charge >= 0.3 is 0 Å². The van der Waals surface area contributed by atoms with Crippen molar-refractivity contribution in [2.75, 3.05) is 0 Å². The van der Waals surface area contributed by atoms with E-state index in [1.807, 2.05) is 6.92 Å². The first-order valence-electron chi connectivity index (χ1n) is 6.28. The van der Waals surface area contributed by atoms with Crippen LogP contribution >= 0.6 is 0 Å². The topological polar surface area (TPSA) is 123 Å². The summed E-state index contributed by atoms with van der Waals surface area (Å²) in [5.74, 6) is -1.29. The molecule has 0 unspecified atom stereocenters. The Morgan fingerprint density at radius 2 is 1.85 bits per heavy atom. The number of primary amides is 1. The van der Waals surface area contributed by atoms with Crippen LogP contribution in [0.3, 0.4) is 0 Å². The minimum absolute atomic E-state index is 0.139. The normalized spacial score (nSPS) is 16.4. The molecular formula is C13H20N2O4S. The third-order valence-corrected chi connectivity index (χ3v) is 5.55. The summed E-state index contributed by atoms with van der Waals surface area (Å²) in [6.45, 7) is 3.13. The van der Waals surface area contributed by atoms with Gasteiger partial charge in [-0.15, -0.1) is 0 Å². The molecule has 0 radical (unpaired) electrons. The number of aliphatic hydroxyl groups excluding tert-OH is 1. The van der Waals surface area contributed by atoms with Crippen LogP contribution in [0.5, 0.6) is 0 Å². The highest BCUT2D eigenvalue weighted by molar-refractivity contribution is 7.93. The van der Waals surface area contributed by atoms with Crippen LogP contribution < -0.4 is 11.5 Å². The molecule has 0 saturated heterocycles. The second-order valence-corrected chi connectivity index (χ2v) is 6.88. The Balaban J connectivity index is 3.31. The summed E-state index contributed by atoms with van der Waals surface area (Å²) < 4.78 is 24.8. The zero-order valence-electron chi connectivity index (χ0n) is 11.5. The lowest BCUT2D eigenvalue weighted by atomic mass is 10.1. The lowest BCUT2D eigenvalue weighted by Crippen LogP contribution is -2.64. The SMILES string of the molecule is CCCc1ccc(S(=O)(=O)[C@@](N)(C(N)=O)[C@@H](C)O)cc1. The van der Waals surface area contributed by atoms with E-state index in [0.717, 1.165) is 25.3 Å². The molecule has 112 valence electrons. The van der Waals surface area contributed by atoms with Crippen molar-refractivity contribution in [3.8, 4) is 0 Å². The van der Waals surface area contributed by atoms with Crippen molar-refractivity contribution in [1.82, 2.24) is 0 Å². The second-order valence-electron chi connectivity index (χ2n) is 4.73. The summed E-state index contributed by atoms with van der Waals surface area (Å²) in [6, 6.07) is 6.04. The van der Waals surface area contributed by atoms with E-state index in [4.69, 9.17) is 11.5 Å². The fourth-order valence-electron chi connectivity index (χ4n) is 1.88. The Bertz CT molecular complexity index is 581. The maximum atomic E-state index is 12.4. The predicted molar refractivity (Wildman–Crippen MR) is 75.4 cm³/mol. The number of benzene rings is 1. The second kappa shape index (κ2) is 5.90. The average molecular weight is 300 g/mol. The number of hydrogen-bond donors (Lipinski definition) is 3. The van der Waals surface area contributed by atoms with Crippen LogP contribution in [0.15, 0.2) is 29.2 Å². The first-order chi connectivity index (χ1) is 9.17. The van der Waals surface area contributed by atoms with E-state index >= 15 is 0 Å². The first kappa shape index (κ1) is 16.6. The summed E-state index contributed by atoms with van der Waals surface area (Å²) in [5.41, 5.74) is 11.6. The van der Waals surface area contributed by atoms with Gasteiger partial charge in [-0.25, -0.2) is 8.42 Å². The predicted octanol–water partition coefficient (Wildman–Crippen LogP) is -0.0661. The number of nitrogens with two attached hydrogens (primary N) is 2. The van der Waals surface area contributed by atoms with E-state index in [2.05, 4.69) is 0 Å². The third kappa shape index (κ3) is 2.70. The van der Waals surface area contributed by atoms with E-state index in [1.54, 1.807) is 12.1 Å². The number of sulfone groups is 1. The molecule has 0 saturated carbocycles. The minimum atomic E-state index is -4.28. The number of aryl methyl sites for hydroxylation is 1. The van der Waals surface area contributed by atoms with E-state index in [1.165, 1.54) is 12.1 Å². The number of carbonyl (C=O) groups is 1. The van der Waals surface area contributed by atoms with Gasteiger partial charge in [0, 0.05) is 0 Å². The standard InChI is InChI=1S/C13H20N2O4S/c1-3-4-10-5-7-11(8-6-10)20(18,19)13(15,9(2)16)12(14)17/h5-9,16H,3-4,15H2,1-2H3,(H2,14,17)/t9-,13-/m1/s1. The molecule has 0 aliphatic rings. The van der Waals surface area contributed by atoms with Crippen LogP contribution in [0.1, 0.15) is 25.8 Å². The van der Waals surface area contributed by atoms with Crippen molar-refractivity contribution >= 4 is 15.7 Å². The van der Waals surface area contributed by atoms with E-state index in [0.29, 0.717) is 0 Å². The number of amides is 1. The van der Waals surface area contributed by atoms with E-state index in [9.17, 15) is 18.3 Å². The van der Waals surface area contributed by atoms with Gasteiger partial charge in [0.05, 0.1) is 11.0 Å². The lowest BCUT2D eigenvalue weighted by molar-refractivity contribution is -0.122. The molecular weight excluding hydrogens is 280 g/mol. The molecule has 7 heteroatoms. The van der Waals surface area contributed by atoms with Crippen LogP contribution in [0.4, 0.5) is 0 Å². The Morgan fingerprint density at radius 1 is 1.35 bits per heavy atom. The maximum Gasteiger partial charge on any atom is 0.256 e. The fraction of sp³-hybridized carbons (Fsp3) is 0.462. The number of carbonyl (C=O) groups excluding carboxylic acids is 1. The molecule has 5 N–H and O–H groups in total. The van der Waals surface area contributed by atoms with Crippen LogP contribution in [-0.4, -0.2) is 30.4 Å². The van der Waals surface area contributed by atoms with Gasteiger partial charge in [0.1, 0.15) is 0 Å². The monoisotopic (exact) mass is 300 g/mol. The molecule has 0 aliphatic carbocycles. The Hall–Kier alpha value is -1.44. The molecule has 0 aromatic heterocycles. The highest BCUT2D eigenvalue weighted by Gasteiger charge is 2.50. The zero-order chi connectivity index (χ0) is 15.6. The van der Waals surface area contributed by atoms with Gasteiger partial charge in [-0.3, -0.25) is 4.79 Å².